The van der Waals surface area contributed by atoms with Crippen LogP contribution in [-0.4, -0.2) is 19.9 Å². The van der Waals surface area contributed by atoms with Crippen molar-refractivity contribution in [1.82, 2.24) is 19.9 Å². The second-order valence-electron chi connectivity index (χ2n) is 13.8. The van der Waals surface area contributed by atoms with Gasteiger partial charge in [0, 0.05) is 43.8 Å². The number of oxazole rings is 1. The molecule has 0 aliphatic heterocycles. The molecule has 0 fully saturated rings. The van der Waals surface area contributed by atoms with Crippen LogP contribution < -0.4 is 0 Å². The van der Waals surface area contributed by atoms with Crippen molar-refractivity contribution >= 4 is 76.1 Å². The van der Waals surface area contributed by atoms with Crippen LogP contribution in [-0.2, 0) is 0 Å². The minimum absolute atomic E-state index is 0.543. The number of hydrogen-bond donors (Lipinski definition) is 0. The first-order valence-corrected chi connectivity index (χ1v) is 18.0. The number of rotatable bonds is 4. The van der Waals surface area contributed by atoms with Crippen LogP contribution in [0.5, 0.6) is 0 Å². The van der Waals surface area contributed by atoms with Gasteiger partial charge in [0.1, 0.15) is 16.7 Å². The first-order chi connectivity index (χ1) is 26.7. The van der Waals surface area contributed by atoms with Crippen LogP contribution in [0.4, 0.5) is 0 Å². The lowest BCUT2D eigenvalue weighted by molar-refractivity contribution is 0.623. The van der Waals surface area contributed by atoms with Crippen molar-refractivity contribution in [2.75, 3.05) is 0 Å². The zero-order chi connectivity index (χ0) is 35.3. The second-order valence-corrected chi connectivity index (χ2v) is 13.8. The molecule has 0 atom stereocenters. The van der Waals surface area contributed by atoms with Crippen LogP contribution in [0.15, 0.2) is 167 Å². The first-order valence-electron chi connectivity index (χ1n) is 18.0. The molecule has 0 spiro atoms. The van der Waals surface area contributed by atoms with Gasteiger partial charge >= 0.3 is 0 Å². The largest absolute Gasteiger partial charge is 0.456 e. The lowest BCUT2D eigenvalue weighted by atomic mass is 9.96. The predicted molar refractivity (Wildman–Crippen MR) is 218 cm³/mol. The van der Waals surface area contributed by atoms with Crippen LogP contribution >= 0.6 is 0 Å². The van der Waals surface area contributed by atoms with E-state index in [9.17, 15) is 0 Å². The number of benzene rings is 9. The molecule has 3 aromatic heterocycles. The highest BCUT2D eigenvalue weighted by Crippen LogP contribution is 2.45. The van der Waals surface area contributed by atoms with Gasteiger partial charge in [-0.2, -0.15) is 0 Å². The third-order valence-electron chi connectivity index (χ3n) is 10.7. The van der Waals surface area contributed by atoms with Gasteiger partial charge in [-0.1, -0.05) is 121 Å². The van der Waals surface area contributed by atoms with Gasteiger partial charge in [-0.3, -0.25) is 0 Å². The van der Waals surface area contributed by atoms with Gasteiger partial charge in [-0.25, -0.2) is 19.9 Å². The summed E-state index contributed by atoms with van der Waals surface area (Å²) in [5.41, 5.74) is 6.57. The Balaban J connectivity index is 1.08. The normalized spacial score (nSPS) is 12.1. The van der Waals surface area contributed by atoms with E-state index in [1.165, 1.54) is 26.9 Å². The van der Waals surface area contributed by atoms with Crippen LogP contribution in [0.25, 0.3) is 122 Å². The number of aromatic nitrogens is 4. The molecular formula is C48H26N4O2. The van der Waals surface area contributed by atoms with E-state index in [0.29, 0.717) is 23.4 Å². The summed E-state index contributed by atoms with van der Waals surface area (Å²) in [6, 6.07) is 54.2. The van der Waals surface area contributed by atoms with E-state index in [1.807, 2.05) is 78.9 Å². The van der Waals surface area contributed by atoms with Crippen LogP contribution in [0, 0.1) is 0 Å². The molecule has 3 heterocycles. The Morgan fingerprint density at radius 2 is 0.963 bits per heavy atom. The molecule has 0 unspecified atom stereocenters. The molecule has 0 saturated carbocycles. The average molecular weight is 691 g/mol. The summed E-state index contributed by atoms with van der Waals surface area (Å²) in [5, 5.41) is 11.2. The third kappa shape index (κ3) is 4.28. The van der Waals surface area contributed by atoms with Crippen molar-refractivity contribution in [3.8, 4) is 45.6 Å². The third-order valence-corrected chi connectivity index (χ3v) is 10.7. The first kappa shape index (κ1) is 29.2. The molecule has 12 rings (SSSR count). The number of fused-ring (bicyclic) bond motifs is 8. The smallest absolute Gasteiger partial charge is 0.227 e. The minimum Gasteiger partial charge on any atom is -0.456 e. The van der Waals surface area contributed by atoms with E-state index in [4.69, 9.17) is 28.8 Å². The van der Waals surface area contributed by atoms with Gasteiger partial charge in [0.2, 0.25) is 5.89 Å². The molecule has 6 heteroatoms. The highest BCUT2D eigenvalue weighted by Gasteiger charge is 2.24. The molecule has 0 radical (unpaired) electrons. The lowest BCUT2D eigenvalue weighted by Crippen LogP contribution is -2.00. The monoisotopic (exact) mass is 690 g/mol. The molecule has 9 aromatic carbocycles. The summed E-state index contributed by atoms with van der Waals surface area (Å²) in [6.07, 6.45) is 0. The zero-order valence-corrected chi connectivity index (χ0v) is 28.6. The lowest BCUT2D eigenvalue weighted by Gasteiger charge is -2.11. The van der Waals surface area contributed by atoms with E-state index in [1.54, 1.807) is 0 Å². The van der Waals surface area contributed by atoms with Crippen LogP contribution in [0.2, 0.25) is 0 Å². The van der Waals surface area contributed by atoms with E-state index >= 15 is 0 Å². The molecule has 54 heavy (non-hydrogen) atoms. The van der Waals surface area contributed by atoms with Gasteiger partial charge in [-0.15, -0.1) is 0 Å². The average Bonchev–Trinajstić information content (AvgIpc) is 3.87. The topological polar surface area (TPSA) is 77.8 Å². The standard InChI is InChI=1S/C48H26N4O2/c1-3-11-28(12-4-1)45-50-46(31-20-21-34-30(24-31)19-23-35-33-15-8-7-10-27(33)18-22-36(34)35)52-47(51-45)32-25-38-42-40(26-32)53-39-17-9-16-37(41(39)42)44-43(38)49-48(54-44)29-13-5-2-6-14-29/h1-26H. The van der Waals surface area contributed by atoms with Crippen molar-refractivity contribution in [2.24, 2.45) is 0 Å². The fourth-order valence-electron chi connectivity index (χ4n) is 8.16. The Hall–Kier alpha value is -7.44. The fraction of sp³-hybridized carbons (Fsp3) is 0. The molecule has 0 aliphatic carbocycles. The van der Waals surface area contributed by atoms with Gasteiger partial charge < -0.3 is 8.83 Å². The van der Waals surface area contributed by atoms with Gasteiger partial charge in [0.15, 0.2) is 23.1 Å². The molecule has 0 N–H and O–H groups in total. The number of furan rings is 1. The quantitative estimate of drug-likeness (QED) is 0.171. The maximum atomic E-state index is 6.53. The summed E-state index contributed by atoms with van der Waals surface area (Å²) in [7, 11) is 0. The molecular weight excluding hydrogens is 665 g/mol. The maximum absolute atomic E-state index is 6.53. The summed E-state index contributed by atoms with van der Waals surface area (Å²) < 4.78 is 13.1. The van der Waals surface area contributed by atoms with E-state index < -0.39 is 0 Å². The minimum atomic E-state index is 0.543. The summed E-state index contributed by atoms with van der Waals surface area (Å²) in [4.78, 5) is 20.4. The highest BCUT2D eigenvalue weighted by molar-refractivity contribution is 6.32. The zero-order valence-electron chi connectivity index (χ0n) is 28.6. The van der Waals surface area contributed by atoms with Gasteiger partial charge in [-0.05, 0) is 68.7 Å². The number of hydrogen-bond acceptors (Lipinski definition) is 6. The molecule has 0 saturated heterocycles. The molecule has 12 aromatic rings. The Labute approximate surface area is 307 Å². The highest BCUT2D eigenvalue weighted by atomic mass is 16.3. The Morgan fingerprint density at radius 1 is 0.333 bits per heavy atom. The number of nitrogens with zero attached hydrogens (tertiary/aromatic N) is 4. The van der Waals surface area contributed by atoms with Crippen molar-refractivity contribution in [3.63, 3.8) is 0 Å². The molecule has 6 nitrogen and oxygen atoms in total. The maximum Gasteiger partial charge on any atom is 0.227 e. The van der Waals surface area contributed by atoms with Crippen LogP contribution in [0.3, 0.4) is 0 Å². The van der Waals surface area contributed by atoms with Crippen molar-refractivity contribution < 1.29 is 8.83 Å². The Kier molecular flexibility index (Phi) is 5.96. The Bertz CT molecular complexity index is 3440. The van der Waals surface area contributed by atoms with Gasteiger partial charge in [0.25, 0.3) is 0 Å². The van der Waals surface area contributed by atoms with Crippen LogP contribution in [0.1, 0.15) is 0 Å². The second kappa shape index (κ2) is 11.0. The van der Waals surface area contributed by atoms with E-state index in [2.05, 4.69) is 78.9 Å². The van der Waals surface area contributed by atoms with Crippen molar-refractivity contribution in [1.29, 1.82) is 0 Å². The Morgan fingerprint density at radius 3 is 1.78 bits per heavy atom. The van der Waals surface area contributed by atoms with E-state index in [0.717, 1.165) is 71.5 Å². The fourth-order valence-corrected chi connectivity index (χ4v) is 8.16. The van der Waals surface area contributed by atoms with Crippen molar-refractivity contribution in [2.45, 2.75) is 0 Å². The summed E-state index contributed by atoms with van der Waals surface area (Å²) in [6.45, 7) is 0. The SMILES string of the molecule is c1ccc(-c2nc(-c3ccc4c(ccc5c6ccccc6ccc45)c3)nc(-c3cc4oc5cccc6c7oc(-c8ccccc8)nc7c(c3)c4c56)n2)cc1. The van der Waals surface area contributed by atoms with Crippen molar-refractivity contribution in [3.05, 3.63) is 158 Å². The van der Waals surface area contributed by atoms with E-state index in [-0.39, 0.29) is 0 Å². The molecule has 0 amide bonds. The summed E-state index contributed by atoms with van der Waals surface area (Å²) in [5.74, 6) is 2.30. The van der Waals surface area contributed by atoms with Gasteiger partial charge in [0.05, 0.1) is 0 Å². The molecule has 0 bridgehead atoms. The molecule has 250 valence electrons. The summed E-state index contributed by atoms with van der Waals surface area (Å²) >= 11 is 0. The predicted octanol–water partition coefficient (Wildman–Crippen LogP) is 12.6. The molecule has 0 aliphatic rings.